The Hall–Kier alpha value is -1.82. The average molecular weight is 319 g/mol. The Kier molecular flexibility index (Phi) is 2.73. The molecule has 2 aliphatic rings. The molecule has 3 heterocycles. The van der Waals surface area contributed by atoms with E-state index in [4.69, 9.17) is 4.42 Å². The number of nitrogens with zero attached hydrogens (tertiary/aromatic N) is 1. The predicted molar refractivity (Wildman–Crippen MR) is 82.6 cm³/mol. The molecule has 0 N–H and O–H groups in total. The maximum absolute atomic E-state index is 12.6. The molecule has 6 heteroatoms. The standard InChI is InChI=1S/C16H17NO4S/c1-2-11-3-4-14-12(5-11)13(6-21-14)15(18)17-7-16(8-17)9-22(19,20)10-16/h3-6H,2,7-10H2,1H3. The number of hydrogen-bond acceptors (Lipinski definition) is 4. The van der Waals surface area contributed by atoms with E-state index < -0.39 is 9.84 Å². The van der Waals surface area contributed by atoms with E-state index in [0.29, 0.717) is 24.2 Å². The third kappa shape index (κ3) is 1.97. The molecule has 2 saturated heterocycles. The largest absolute Gasteiger partial charge is 0.463 e. The van der Waals surface area contributed by atoms with Crippen LogP contribution in [0.25, 0.3) is 11.0 Å². The number of carbonyl (C=O) groups excluding carboxylic acids is 1. The summed E-state index contributed by atoms with van der Waals surface area (Å²) in [5, 5.41) is 0.839. The fraction of sp³-hybridized carbons (Fsp3) is 0.438. The molecular weight excluding hydrogens is 302 g/mol. The van der Waals surface area contributed by atoms with Gasteiger partial charge in [0.2, 0.25) is 0 Å². The van der Waals surface area contributed by atoms with E-state index in [9.17, 15) is 13.2 Å². The van der Waals surface area contributed by atoms with E-state index in [1.807, 2.05) is 18.2 Å². The molecule has 2 aliphatic heterocycles. The van der Waals surface area contributed by atoms with Gasteiger partial charge in [0.25, 0.3) is 5.91 Å². The molecule has 4 rings (SSSR count). The highest BCUT2D eigenvalue weighted by atomic mass is 32.2. The van der Waals surface area contributed by atoms with Gasteiger partial charge in [-0.05, 0) is 24.1 Å². The Morgan fingerprint density at radius 2 is 2.05 bits per heavy atom. The van der Waals surface area contributed by atoms with Gasteiger partial charge in [-0.3, -0.25) is 4.79 Å². The van der Waals surface area contributed by atoms with Crippen LogP contribution in [0.5, 0.6) is 0 Å². The molecule has 0 unspecified atom stereocenters. The number of sulfone groups is 1. The minimum Gasteiger partial charge on any atom is -0.463 e. The van der Waals surface area contributed by atoms with Crippen molar-refractivity contribution in [2.45, 2.75) is 13.3 Å². The topological polar surface area (TPSA) is 67.6 Å². The molecule has 22 heavy (non-hydrogen) atoms. The summed E-state index contributed by atoms with van der Waals surface area (Å²) >= 11 is 0. The van der Waals surface area contributed by atoms with Gasteiger partial charge in [-0.15, -0.1) is 0 Å². The van der Waals surface area contributed by atoms with Gasteiger partial charge in [-0.2, -0.15) is 0 Å². The third-order valence-electron chi connectivity index (χ3n) is 4.67. The number of hydrogen-bond donors (Lipinski definition) is 0. The second-order valence-corrected chi connectivity index (χ2v) is 8.59. The van der Waals surface area contributed by atoms with Crippen LogP contribution in [0.4, 0.5) is 0 Å². The van der Waals surface area contributed by atoms with Crippen LogP contribution in [0.2, 0.25) is 0 Å². The minimum atomic E-state index is -2.85. The highest BCUT2D eigenvalue weighted by molar-refractivity contribution is 7.92. The summed E-state index contributed by atoms with van der Waals surface area (Å²) in [6.07, 6.45) is 2.41. The smallest absolute Gasteiger partial charge is 0.257 e. The first-order valence-electron chi connectivity index (χ1n) is 7.41. The van der Waals surface area contributed by atoms with E-state index >= 15 is 0 Å². The summed E-state index contributed by atoms with van der Waals surface area (Å²) < 4.78 is 28.1. The first-order chi connectivity index (χ1) is 10.4. The summed E-state index contributed by atoms with van der Waals surface area (Å²) in [5.41, 5.74) is 2.26. The zero-order chi connectivity index (χ0) is 15.5. The summed E-state index contributed by atoms with van der Waals surface area (Å²) in [7, 11) is -2.85. The van der Waals surface area contributed by atoms with Crippen molar-refractivity contribution in [3.63, 3.8) is 0 Å². The van der Waals surface area contributed by atoms with Crippen molar-refractivity contribution < 1.29 is 17.6 Å². The Morgan fingerprint density at radius 1 is 1.32 bits per heavy atom. The van der Waals surface area contributed by atoms with Gasteiger partial charge < -0.3 is 9.32 Å². The molecule has 5 nitrogen and oxygen atoms in total. The lowest BCUT2D eigenvalue weighted by molar-refractivity contribution is 0.0203. The third-order valence-corrected chi connectivity index (χ3v) is 6.77. The quantitative estimate of drug-likeness (QED) is 0.847. The van der Waals surface area contributed by atoms with Crippen LogP contribution < -0.4 is 0 Å². The lowest BCUT2D eigenvalue weighted by atomic mass is 9.82. The maximum Gasteiger partial charge on any atom is 0.257 e. The molecule has 0 bridgehead atoms. The van der Waals surface area contributed by atoms with E-state index in [2.05, 4.69) is 6.92 Å². The van der Waals surface area contributed by atoms with Crippen molar-refractivity contribution in [2.75, 3.05) is 24.6 Å². The first kappa shape index (κ1) is 13.8. The van der Waals surface area contributed by atoms with Gasteiger partial charge >= 0.3 is 0 Å². The van der Waals surface area contributed by atoms with Gasteiger partial charge in [0, 0.05) is 23.9 Å². The van der Waals surface area contributed by atoms with Crippen LogP contribution >= 0.6 is 0 Å². The maximum atomic E-state index is 12.6. The highest BCUT2D eigenvalue weighted by Crippen LogP contribution is 2.42. The number of furan rings is 1. The zero-order valence-electron chi connectivity index (χ0n) is 12.3. The molecule has 0 radical (unpaired) electrons. The normalized spacial score (nSPS) is 21.6. The van der Waals surface area contributed by atoms with Crippen LogP contribution in [0.1, 0.15) is 22.8 Å². The molecule has 2 fully saturated rings. The van der Waals surface area contributed by atoms with Crippen molar-refractivity contribution in [1.82, 2.24) is 4.90 Å². The number of benzene rings is 1. The van der Waals surface area contributed by atoms with Crippen molar-refractivity contribution in [2.24, 2.45) is 5.41 Å². The van der Waals surface area contributed by atoms with Crippen LogP contribution in [0.15, 0.2) is 28.9 Å². The van der Waals surface area contributed by atoms with Crippen LogP contribution in [0, 0.1) is 5.41 Å². The minimum absolute atomic E-state index is 0.0677. The second kappa shape index (κ2) is 4.35. The summed E-state index contributed by atoms with van der Waals surface area (Å²) in [6, 6.07) is 5.88. The average Bonchev–Trinajstić information content (AvgIpc) is 2.83. The number of carbonyl (C=O) groups is 1. The number of rotatable bonds is 2. The molecule has 0 atom stereocenters. The van der Waals surface area contributed by atoms with Gasteiger partial charge in [0.15, 0.2) is 9.84 Å². The van der Waals surface area contributed by atoms with Gasteiger partial charge in [-0.1, -0.05) is 13.0 Å². The molecule has 0 aliphatic carbocycles. The first-order valence-corrected chi connectivity index (χ1v) is 9.23. The van der Waals surface area contributed by atoms with E-state index in [1.165, 1.54) is 6.26 Å². The second-order valence-electron chi connectivity index (χ2n) is 6.53. The number of likely N-dealkylation sites (tertiary alicyclic amines) is 1. The molecule has 0 saturated carbocycles. The van der Waals surface area contributed by atoms with E-state index in [1.54, 1.807) is 4.90 Å². The summed E-state index contributed by atoms with van der Waals surface area (Å²) in [5.74, 6) is 0.369. The SMILES string of the molecule is CCc1ccc2occ(C(=O)N3CC4(C3)CS(=O)(=O)C4)c2c1. The summed E-state index contributed by atoms with van der Waals surface area (Å²) in [4.78, 5) is 14.3. The van der Waals surface area contributed by atoms with E-state index in [-0.39, 0.29) is 22.8 Å². The molecule has 1 aromatic carbocycles. The van der Waals surface area contributed by atoms with E-state index in [0.717, 1.165) is 17.4 Å². The predicted octanol–water partition coefficient (Wildman–Crippen LogP) is 1.87. The fourth-order valence-electron chi connectivity index (χ4n) is 3.61. The number of amides is 1. The molecule has 2 aromatic rings. The van der Waals surface area contributed by atoms with Gasteiger partial charge in [-0.25, -0.2) is 8.42 Å². The van der Waals surface area contributed by atoms with Crippen molar-refractivity contribution in [1.29, 1.82) is 0 Å². The Morgan fingerprint density at radius 3 is 2.68 bits per heavy atom. The Balaban J connectivity index is 1.57. The molecule has 1 amide bonds. The zero-order valence-corrected chi connectivity index (χ0v) is 13.1. The summed E-state index contributed by atoms with van der Waals surface area (Å²) in [6.45, 7) is 3.13. The Labute approximate surface area is 128 Å². The monoisotopic (exact) mass is 319 g/mol. The van der Waals surface area contributed by atoms with Crippen LogP contribution in [0.3, 0.4) is 0 Å². The molecule has 1 spiro atoms. The lowest BCUT2D eigenvalue weighted by Crippen LogP contribution is -2.69. The highest BCUT2D eigenvalue weighted by Gasteiger charge is 2.57. The van der Waals surface area contributed by atoms with Crippen LogP contribution in [-0.4, -0.2) is 43.8 Å². The lowest BCUT2D eigenvalue weighted by Gasteiger charge is -2.54. The van der Waals surface area contributed by atoms with Crippen molar-refractivity contribution in [3.05, 3.63) is 35.6 Å². The number of fused-ring (bicyclic) bond motifs is 1. The Bertz CT molecular complexity index is 861. The fourth-order valence-corrected chi connectivity index (χ4v) is 5.76. The van der Waals surface area contributed by atoms with Gasteiger partial charge in [0.1, 0.15) is 11.8 Å². The van der Waals surface area contributed by atoms with Crippen molar-refractivity contribution >= 4 is 26.7 Å². The van der Waals surface area contributed by atoms with Crippen LogP contribution in [-0.2, 0) is 16.3 Å². The molecular formula is C16H17NO4S. The number of aryl methyl sites for hydroxylation is 1. The molecule has 1 aromatic heterocycles. The van der Waals surface area contributed by atoms with Gasteiger partial charge in [0.05, 0.1) is 17.1 Å². The van der Waals surface area contributed by atoms with Crippen molar-refractivity contribution in [3.8, 4) is 0 Å². The molecule has 116 valence electrons.